The molecule has 2 aromatic rings. The first-order valence-electron chi connectivity index (χ1n) is 11.4. The number of nitrogens with two attached hydrogens (primary N) is 1. The molecule has 1 aromatic heterocycles. The number of alkyl carbamates (subject to hydrolysis) is 1. The number of carbonyl (C=O) groups is 3. The minimum Gasteiger partial charge on any atom is -0.445 e. The number of fused-ring (bicyclic) bond motifs is 1. The van der Waals surface area contributed by atoms with Crippen molar-refractivity contribution < 1.29 is 19.1 Å². The Balaban J connectivity index is 2.22. The summed E-state index contributed by atoms with van der Waals surface area (Å²) in [6.45, 7) is 7.90. The van der Waals surface area contributed by atoms with Crippen LogP contribution in [-0.2, 0) is 27.8 Å². The molecule has 0 aliphatic rings. The van der Waals surface area contributed by atoms with Gasteiger partial charge < -0.3 is 31.0 Å². The van der Waals surface area contributed by atoms with Crippen LogP contribution in [0, 0.1) is 0 Å². The van der Waals surface area contributed by atoms with E-state index in [1.165, 1.54) is 6.08 Å². The zero-order valence-electron chi connectivity index (χ0n) is 19.7. The topological polar surface area (TPSA) is 127 Å². The van der Waals surface area contributed by atoms with Gasteiger partial charge in [0.05, 0.1) is 0 Å². The third-order valence-corrected chi connectivity index (χ3v) is 5.34. The molecule has 34 heavy (non-hydrogen) atoms. The third-order valence-electron chi connectivity index (χ3n) is 5.34. The van der Waals surface area contributed by atoms with Crippen molar-refractivity contribution in [3.8, 4) is 0 Å². The fourth-order valence-electron chi connectivity index (χ4n) is 3.67. The van der Waals surface area contributed by atoms with Gasteiger partial charge in [0.2, 0.25) is 11.8 Å². The summed E-state index contributed by atoms with van der Waals surface area (Å²) in [7, 11) is 1.93. The maximum Gasteiger partial charge on any atom is 0.408 e. The zero-order valence-corrected chi connectivity index (χ0v) is 19.7. The van der Waals surface area contributed by atoms with Crippen LogP contribution in [0.1, 0.15) is 24.8 Å². The molecule has 0 saturated carbocycles. The van der Waals surface area contributed by atoms with Crippen LogP contribution in [0.15, 0.2) is 55.8 Å². The Morgan fingerprint density at radius 3 is 2.56 bits per heavy atom. The molecular weight excluding hydrogens is 434 g/mol. The van der Waals surface area contributed by atoms with Crippen LogP contribution in [0.4, 0.5) is 4.79 Å². The molecule has 0 radical (unpaired) electrons. The number of rotatable bonds is 14. The monoisotopic (exact) mass is 469 g/mol. The number of ether oxygens (including phenoxy) is 1. The number of para-hydroxylation sites is 1. The lowest BCUT2D eigenvalue weighted by Gasteiger charge is -2.23. The van der Waals surface area contributed by atoms with E-state index in [0.717, 1.165) is 16.5 Å². The van der Waals surface area contributed by atoms with Gasteiger partial charge in [-0.25, -0.2) is 4.79 Å². The number of aryl methyl sites for hydroxylation is 1. The fraction of sp³-hybridized carbons (Fsp3) is 0.400. The van der Waals surface area contributed by atoms with Gasteiger partial charge in [0.25, 0.3) is 0 Å². The summed E-state index contributed by atoms with van der Waals surface area (Å²) in [5, 5.41) is 9.16. The van der Waals surface area contributed by atoms with Crippen LogP contribution in [-0.4, -0.2) is 54.3 Å². The van der Waals surface area contributed by atoms with Crippen LogP contribution < -0.4 is 21.7 Å². The minimum atomic E-state index is -0.869. The Bertz CT molecular complexity index is 1000. The first kappa shape index (κ1) is 26.7. The summed E-state index contributed by atoms with van der Waals surface area (Å²) in [6, 6.07) is 6.15. The van der Waals surface area contributed by atoms with Crippen LogP contribution >= 0.6 is 0 Å². The van der Waals surface area contributed by atoms with Crippen molar-refractivity contribution in [2.24, 2.45) is 12.8 Å². The Labute approximate surface area is 200 Å². The van der Waals surface area contributed by atoms with Gasteiger partial charge in [-0.1, -0.05) is 36.9 Å². The van der Waals surface area contributed by atoms with Gasteiger partial charge in [-0.2, -0.15) is 0 Å². The fourth-order valence-corrected chi connectivity index (χ4v) is 3.67. The molecule has 0 bridgehead atoms. The largest absolute Gasteiger partial charge is 0.445 e. The minimum absolute atomic E-state index is 0.0244. The van der Waals surface area contributed by atoms with Gasteiger partial charge in [0.1, 0.15) is 18.7 Å². The SMILES string of the molecule is C=CCNC(=O)[C@H](Cc1cn(C)c2ccccc12)NC(=O)[C@H](CCCCN)NC(=O)OCC=C. The third kappa shape index (κ3) is 7.77. The first-order chi connectivity index (χ1) is 16.4. The number of amides is 3. The molecular formula is C25H35N5O4. The molecule has 0 unspecified atom stereocenters. The second kappa shape index (κ2) is 13.8. The van der Waals surface area contributed by atoms with Crippen molar-refractivity contribution in [3.63, 3.8) is 0 Å². The van der Waals surface area contributed by atoms with E-state index in [1.54, 1.807) is 6.08 Å². The van der Waals surface area contributed by atoms with Crippen molar-refractivity contribution in [3.05, 3.63) is 61.3 Å². The van der Waals surface area contributed by atoms with E-state index in [0.29, 0.717) is 25.8 Å². The highest BCUT2D eigenvalue weighted by molar-refractivity contribution is 5.92. The van der Waals surface area contributed by atoms with E-state index in [2.05, 4.69) is 29.1 Å². The maximum absolute atomic E-state index is 13.2. The predicted molar refractivity (Wildman–Crippen MR) is 133 cm³/mol. The van der Waals surface area contributed by atoms with Crippen LogP contribution in [0.3, 0.4) is 0 Å². The zero-order chi connectivity index (χ0) is 24.9. The summed E-state index contributed by atoms with van der Waals surface area (Å²) in [4.78, 5) is 38.1. The number of hydrogen-bond donors (Lipinski definition) is 4. The number of nitrogens with zero attached hydrogens (tertiary/aromatic N) is 1. The molecule has 9 heteroatoms. The van der Waals surface area contributed by atoms with Crippen LogP contribution in [0.2, 0.25) is 0 Å². The molecule has 5 N–H and O–H groups in total. The molecule has 9 nitrogen and oxygen atoms in total. The van der Waals surface area contributed by atoms with Gasteiger partial charge in [0.15, 0.2) is 0 Å². The lowest BCUT2D eigenvalue weighted by atomic mass is 10.0. The normalized spacial score (nSPS) is 12.4. The van der Waals surface area contributed by atoms with E-state index in [-0.39, 0.29) is 25.5 Å². The Hall–Kier alpha value is -3.59. The molecule has 0 aliphatic carbocycles. The summed E-state index contributed by atoms with van der Waals surface area (Å²) in [6.07, 6.45) is 6.21. The summed E-state index contributed by atoms with van der Waals surface area (Å²) < 4.78 is 6.95. The van der Waals surface area contributed by atoms with E-state index in [1.807, 2.05) is 42.1 Å². The smallest absolute Gasteiger partial charge is 0.408 e. The summed E-state index contributed by atoms with van der Waals surface area (Å²) >= 11 is 0. The second-order valence-electron chi connectivity index (χ2n) is 7.95. The highest BCUT2D eigenvalue weighted by Crippen LogP contribution is 2.21. The molecule has 2 rings (SSSR count). The maximum atomic E-state index is 13.2. The van der Waals surface area contributed by atoms with Crippen molar-refractivity contribution in [2.75, 3.05) is 19.7 Å². The van der Waals surface area contributed by atoms with Gasteiger partial charge >= 0.3 is 6.09 Å². The second-order valence-corrected chi connectivity index (χ2v) is 7.95. The van der Waals surface area contributed by atoms with Gasteiger partial charge in [0, 0.05) is 37.1 Å². The van der Waals surface area contributed by atoms with E-state index in [4.69, 9.17) is 10.5 Å². The molecule has 2 atom stereocenters. The predicted octanol–water partition coefficient (Wildman–Crippen LogP) is 1.92. The van der Waals surface area contributed by atoms with Crippen LogP contribution in [0.5, 0.6) is 0 Å². The summed E-state index contributed by atoms with van der Waals surface area (Å²) in [5.74, 6) is -0.803. The molecule has 0 fully saturated rings. The van der Waals surface area contributed by atoms with E-state index < -0.39 is 24.1 Å². The Morgan fingerprint density at radius 1 is 1.09 bits per heavy atom. The average molecular weight is 470 g/mol. The van der Waals surface area contributed by atoms with Crippen molar-refractivity contribution >= 4 is 28.8 Å². The summed E-state index contributed by atoms with van der Waals surface area (Å²) in [5.41, 5.74) is 7.53. The molecule has 1 heterocycles. The number of aromatic nitrogens is 1. The number of unbranched alkanes of at least 4 members (excludes halogenated alkanes) is 1. The lowest BCUT2D eigenvalue weighted by molar-refractivity contribution is -0.130. The average Bonchev–Trinajstić information content (AvgIpc) is 3.15. The van der Waals surface area contributed by atoms with E-state index >= 15 is 0 Å². The van der Waals surface area contributed by atoms with Gasteiger partial charge in [-0.15, -0.1) is 6.58 Å². The molecule has 3 amide bonds. The Kier molecular flexibility index (Phi) is 10.9. The van der Waals surface area contributed by atoms with Gasteiger partial charge in [-0.05, 0) is 37.4 Å². The highest BCUT2D eigenvalue weighted by atomic mass is 16.5. The molecule has 184 valence electrons. The van der Waals surface area contributed by atoms with Crippen molar-refractivity contribution in [1.82, 2.24) is 20.5 Å². The number of nitrogens with one attached hydrogen (secondary N) is 3. The van der Waals surface area contributed by atoms with E-state index in [9.17, 15) is 14.4 Å². The standard InChI is InChI=1S/C25H35N5O4/c1-4-14-27-23(31)21(16-18-17-30(3)22-12-7-6-10-19(18)22)28-24(32)20(11-8-9-13-26)29-25(33)34-15-5-2/h4-7,10,12,17,20-21H,1-2,8-9,11,13-16,26H2,3H3,(H,27,31)(H,28,32)(H,29,33)/t20-,21-/m0/s1. The molecule has 0 saturated heterocycles. The van der Waals surface area contributed by atoms with Crippen molar-refractivity contribution in [1.29, 1.82) is 0 Å². The number of hydrogen-bond acceptors (Lipinski definition) is 5. The quantitative estimate of drug-likeness (QED) is 0.248. The van der Waals surface area contributed by atoms with Crippen LogP contribution in [0.25, 0.3) is 10.9 Å². The molecule has 0 spiro atoms. The van der Waals surface area contributed by atoms with Crippen molar-refractivity contribution in [2.45, 2.75) is 37.8 Å². The number of benzene rings is 1. The number of carbonyl (C=O) groups excluding carboxylic acids is 3. The van der Waals surface area contributed by atoms with Gasteiger partial charge in [-0.3, -0.25) is 9.59 Å². The highest BCUT2D eigenvalue weighted by Gasteiger charge is 2.27. The molecule has 0 aliphatic heterocycles. The first-order valence-corrected chi connectivity index (χ1v) is 11.4. The molecule has 1 aromatic carbocycles. The lowest BCUT2D eigenvalue weighted by Crippen LogP contribution is -2.54. The Morgan fingerprint density at radius 2 is 1.85 bits per heavy atom.